The van der Waals surface area contributed by atoms with Crippen LogP contribution in [0.15, 0.2) is 0 Å². The van der Waals surface area contributed by atoms with Crippen LogP contribution >= 0.6 is 0 Å². The second-order valence-electron chi connectivity index (χ2n) is 2.43. The standard InChI is InChI=1S/C7H10N4O3/c1-2-14-7(13)5-4(3-12)6(8)11(9)10-5/h3H,2,8-9H2,1H3. The number of rotatable bonds is 3. The molecule has 1 rings (SSSR count). The molecule has 0 spiro atoms. The van der Waals surface area contributed by atoms with Gasteiger partial charge >= 0.3 is 5.97 Å². The van der Waals surface area contributed by atoms with Crippen molar-refractivity contribution in [1.29, 1.82) is 0 Å². The number of nitrogen functional groups attached to an aromatic ring is 2. The smallest absolute Gasteiger partial charge is 0.359 e. The Balaban J connectivity index is 3.14. The first-order valence-electron chi connectivity index (χ1n) is 3.87. The Kier molecular flexibility index (Phi) is 2.70. The van der Waals surface area contributed by atoms with Crippen LogP contribution in [0.4, 0.5) is 5.82 Å². The highest BCUT2D eigenvalue weighted by Gasteiger charge is 2.21. The zero-order chi connectivity index (χ0) is 10.7. The van der Waals surface area contributed by atoms with Gasteiger partial charge in [0.1, 0.15) is 0 Å². The lowest BCUT2D eigenvalue weighted by Gasteiger charge is -1.97. The van der Waals surface area contributed by atoms with Crippen LogP contribution in [0, 0.1) is 0 Å². The molecule has 1 aromatic heterocycles. The summed E-state index contributed by atoms with van der Waals surface area (Å²) in [6, 6.07) is 0. The predicted octanol–water partition coefficient (Wildman–Crippen LogP) is -0.832. The van der Waals surface area contributed by atoms with E-state index in [0.717, 1.165) is 4.79 Å². The van der Waals surface area contributed by atoms with Crippen molar-refractivity contribution in [3.8, 4) is 0 Å². The van der Waals surface area contributed by atoms with E-state index in [1.165, 1.54) is 0 Å². The molecule has 7 heteroatoms. The molecule has 0 unspecified atom stereocenters. The first kappa shape index (κ1) is 10.0. The molecule has 4 N–H and O–H groups in total. The molecular formula is C7H10N4O3. The molecule has 0 aliphatic carbocycles. The fraction of sp³-hybridized carbons (Fsp3) is 0.286. The number of esters is 1. The van der Waals surface area contributed by atoms with Crippen molar-refractivity contribution >= 4 is 18.1 Å². The van der Waals surface area contributed by atoms with Gasteiger partial charge in [-0.3, -0.25) is 4.79 Å². The quantitative estimate of drug-likeness (QED) is 0.372. The Labute approximate surface area is 79.6 Å². The van der Waals surface area contributed by atoms with Crippen LogP contribution in [-0.4, -0.2) is 28.8 Å². The maximum absolute atomic E-state index is 11.2. The molecule has 0 aliphatic heterocycles. The third kappa shape index (κ3) is 1.51. The normalized spacial score (nSPS) is 9.79. The number of carbonyl (C=O) groups excluding carboxylic acids is 2. The number of carbonyl (C=O) groups is 2. The molecule has 76 valence electrons. The summed E-state index contributed by atoms with van der Waals surface area (Å²) in [5.41, 5.74) is 5.17. The number of nitrogens with two attached hydrogens (primary N) is 2. The minimum absolute atomic E-state index is 0.0500. The summed E-state index contributed by atoms with van der Waals surface area (Å²) in [6.45, 7) is 1.83. The van der Waals surface area contributed by atoms with Gasteiger partial charge in [0.15, 0.2) is 17.8 Å². The largest absolute Gasteiger partial charge is 0.461 e. The second-order valence-corrected chi connectivity index (χ2v) is 2.43. The first-order valence-corrected chi connectivity index (χ1v) is 3.87. The molecule has 14 heavy (non-hydrogen) atoms. The number of anilines is 1. The Bertz CT molecular complexity index is 371. The predicted molar refractivity (Wildman–Crippen MR) is 48.1 cm³/mol. The van der Waals surface area contributed by atoms with Crippen molar-refractivity contribution in [2.24, 2.45) is 0 Å². The van der Waals surface area contributed by atoms with Crippen molar-refractivity contribution in [2.45, 2.75) is 6.92 Å². The van der Waals surface area contributed by atoms with Crippen molar-refractivity contribution in [3.05, 3.63) is 11.3 Å². The van der Waals surface area contributed by atoms with Gasteiger partial charge in [-0.1, -0.05) is 0 Å². The summed E-state index contributed by atoms with van der Waals surface area (Å²) in [7, 11) is 0. The summed E-state index contributed by atoms with van der Waals surface area (Å²) in [4.78, 5) is 22.6. The minimum atomic E-state index is -0.717. The summed E-state index contributed by atoms with van der Waals surface area (Å²) >= 11 is 0. The topological polar surface area (TPSA) is 113 Å². The lowest BCUT2D eigenvalue weighted by molar-refractivity contribution is 0.0516. The molecule has 0 aromatic carbocycles. The molecule has 0 bridgehead atoms. The number of hydrogen-bond donors (Lipinski definition) is 2. The van der Waals surface area contributed by atoms with Crippen molar-refractivity contribution < 1.29 is 14.3 Å². The summed E-state index contributed by atoms with van der Waals surface area (Å²) < 4.78 is 4.65. The van der Waals surface area contributed by atoms with Gasteiger partial charge < -0.3 is 16.3 Å². The molecular weight excluding hydrogens is 188 g/mol. The highest BCUT2D eigenvalue weighted by molar-refractivity contribution is 5.99. The molecule has 0 amide bonds. The summed E-state index contributed by atoms with van der Waals surface area (Å²) in [5, 5.41) is 3.56. The zero-order valence-corrected chi connectivity index (χ0v) is 7.56. The average molecular weight is 198 g/mol. The molecule has 1 heterocycles. The maximum atomic E-state index is 11.2. The van der Waals surface area contributed by atoms with E-state index in [2.05, 4.69) is 9.84 Å². The first-order chi connectivity index (χ1) is 6.61. The number of ether oxygens (including phenoxy) is 1. The van der Waals surface area contributed by atoms with E-state index >= 15 is 0 Å². The van der Waals surface area contributed by atoms with E-state index in [9.17, 15) is 9.59 Å². The average Bonchev–Trinajstić information content (AvgIpc) is 2.44. The number of hydrogen-bond acceptors (Lipinski definition) is 6. The molecule has 0 aliphatic rings. The van der Waals surface area contributed by atoms with Crippen molar-refractivity contribution in [1.82, 2.24) is 9.89 Å². The van der Waals surface area contributed by atoms with Gasteiger partial charge in [0.2, 0.25) is 0 Å². The summed E-state index contributed by atoms with van der Waals surface area (Å²) in [6.07, 6.45) is 0.415. The van der Waals surface area contributed by atoms with Gasteiger partial charge in [0, 0.05) is 0 Å². The third-order valence-corrected chi connectivity index (χ3v) is 1.57. The zero-order valence-electron chi connectivity index (χ0n) is 7.56. The fourth-order valence-corrected chi connectivity index (χ4v) is 0.927. The van der Waals surface area contributed by atoms with Crippen LogP contribution in [0.25, 0.3) is 0 Å². The van der Waals surface area contributed by atoms with E-state index in [4.69, 9.17) is 11.6 Å². The van der Waals surface area contributed by atoms with Crippen LogP contribution < -0.4 is 11.6 Å². The molecule has 0 fully saturated rings. The second kappa shape index (κ2) is 3.77. The van der Waals surface area contributed by atoms with Gasteiger partial charge in [-0.2, -0.15) is 4.79 Å². The molecule has 0 saturated heterocycles. The monoisotopic (exact) mass is 198 g/mol. The van der Waals surface area contributed by atoms with E-state index in [1.54, 1.807) is 6.92 Å². The molecule has 1 aromatic rings. The molecule has 0 saturated carbocycles. The van der Waals surface area contributed by atoms with Gasteiger partial charge in [-0.25, -0.2) is 4.79 Å². The minimum Gasteiger partial charge on any atom is -0.461 e. The van der Waals surface area contributed by atoms with Gasteiger partial charge in [0.25, 0.3) is 0 Å². The van der Waals surface area contributed by atoms with Crippen LogP contribution in [0.5, 0.6) is 0 Å². The fourth-order valence-electron chi connectivity index (χ4n) is 0.927. The van der Waals surface area contributed by atoms with E-state index < -0.39 is 5.97 Å². The van der Waals surface area contributed by atoms with Gasteiger partial charge in [-0.15, -0.1) is 5.10 Å². The Hall–Kier alpha value is -2.05. The molecule has 0 atom stereocenters. The Morgan fingerprint density at radius 3 is 2.86 bits per heavy atom. The van der Waals surface area contributed by atoms with Crippen LogP contribution in [0.1, 0.15) is 27.8 Å². The number of aldehydes is 1. The number of aromatic nitrogens is 2. The molecule has 0 radical (unpaired) electrons. The van der Waals surface area contributed by atoms with Gasteiger partial charge in [-0.05, 0) is 6.92 Å². The van der Waals surface area contributed by atoms with Crippen molar-refractivity contribution in [3.63, 3.8) is 0 Å². The summed E-state index contributed by atoms with van der Waals surface area (Å²) in [5.74, 6) is 4.48. The molecule has 7 nitrogen and oxygen atoms in total. The van der Waals surface area contributed by atoms with E-state index in [0.29, 0.717) is 6.29 Å². The Morgan fingerprint density at radius 1 is 1.71 bits per heavy atom. The van der Waals surface area contributed by atoms with E-state index in [-0.39, 0.29) is 23.7 Å². The van der Waals surface area contributed by atoms with E-state index in [1.807, 2.05) is 0 Å². The van der Waals surface area contributed by atoms with Crippen LogP contribution in [0.2, 0.25) is 0 Å². The lowest BCUT2D eigenvalue weighted by Crippen LogP contribution is -2.14. The lowest BCUT2D eigenvalue weighted by atomic mass is 10.2. The van der Waals surface area contributed by atoms with Crippen LogP contribution in [0.3, 0.4) is 0 Å². The van der Waals surface area contributed by atoms with Gasteiger partial charge in [0.05, 0.1) is 12.2 Å². The number of nitrogens with zero attached hydrogens (tertiary/aromatic N) is 2. The third-order valence-electron chi connectivity index (χ3n) is 1.57. The van der Waals surface area contributed by atoms with Crippen LogP contribution in [-0.2, 0) is 4.74 Å². The highest BCUT2D eigenvalue weighted by atomic mass is 16.5. The SMILES string of the molecule is CCOC(=O)c1nn(N)c(N)c1C=O. The van der Waals surface area contributed by atoms with Crippen molar-refractivity contribution in [2.75, 3.05) is 18.2 Å². The highest BCUT2D eigenvalue weighted by Crippen LogP contribution is 2.13. The Morgan fingerprint density at radius 2 is 2.36 bits per heavy atom. The maximum Gasteiger partial charge on any atom is 0.359 e.